The van der Waals surface area contributed by atoms with Gasteiger partial charge in [-0.05, 0) is 36.3 Å². The molecule has 2 heterocycles. The van der Waals surface area contributed by atoms with Crippen molar-refractivity contribution in [3.63, 3.8) is 0 Å². The Labute approximate surface area is 204 Å². The number of rotatable bonds is 6. The number of carbonyl (C=O) groups excluding carboxylic acids is 3. The average molecular weight is 495 g/mol. The Hall–Kier alpha value is -3.75. The van der Waals surface area contributed by atoms with Crippen molar-refractivity contribution in [1.82, 2.24) is 4.98 Å². The first-order valence-corrected chi connectivity index (χ1v) is 11.4. The van der Waals surface area contributed by atoms with Crippen molar-refractivity contribution in [3.8, 4) is 0 Å². The van der Waals surface area contributed by atoms with Crippen LogP contribution in [0.1, 0.15) is 32.5 Å². The molecule has 1 aromatic heterocycles. The maximum absolute atomic E-state index is 13.2. The van der Waals surface area contributed by atoms with Crippen LogP contribution >= 0.6 is 22.9 Å². The van der Waals surface area contributed by atoms with E-state index in [0.29, 0.717) is 16.3 Å². The quantitative estimate of drug-likeness (QED) is 0.379. The number of hydrogen-bond donors (Lipinski definition) is 1. The molecule has 9 heteroatoms. The van der Waals surface area contributed by atoms with E-state index in [2.05, 4.69) is 4.98 Å². The van der Waals surface area contributed by atoms with Gasteiger partial charge in [0.1, 0.15) is 4.88 Å². The molecule has 1 aliphatic rings. The largest absolute Gasteiger partial charge is 0.503 e. The first-order chi connectivity index (χ1) is 16.3. The zero-order valence-electron chi connectivity index (χ0n) is 18.2. The molecule has 0 spiro atoms. The number of ketones is 1. The summed E-state index contributed by atoms with van der Waals surface area (Å²) >= 11 is 6.99. The van der Waals surface area contributed by atoms with Crippen molar-refractivity contribution < 1.29 is 24.2 Å². The Bertz CT molecular complexity index is 1330. The summed E-state index contributed by atoms with van der Waals surface area (Å²) in [7, 11) is 1.25. The normalized spacial score (nSPS) is 15.9. The third-order valence-corrected chi connectivity index (χ3v) is 6.64. The lowest BCUT2D eigenvalue weighted by Crippen LogP contribution is -2.30. The Morgan fingerprint density at radius 3 is 2.47 bits per heavy atom. The second-order valence-electron chi connectivity index (χ2n) is 7.40. The number of anilines is 1. The Balaban J connectivity index is 1.80. The second-order valence-corrected chi connectivity index (χ2v) is 8.82. The monoisotopic (exact) mass is 494 g/mol. The van der Waals surface area contributed by atoms with E-state index in [1.165, 1.54) is 18.1 Å². The van der Waals surface area contributed by atoms with Crippen LogP contribution in [0.5, 0.6) is 0 Å². The molecule has 0 bridgehead atoms. The van der Waals surface area contributed by atoms with Crippen LogP contribution < -0.4 is 4.90 Å². The minimum absolute atomic E-state index is 0.0908. The lowest BCUT2D eigenvalue weighted by atomic mass is 9.96. The van der Waals surface area contributed by atoms with E-state index in [4.69, 9.17) is 16.3 Å². The highest BCUT2D eigenvalue weighted by atomic mass is 35.5. The standard InChI is InChI=1S/C25H19ClN2O5S/c1-14-22(24(32)33-2)34-25(27-14)28-20(16-9-11-17(26)12-10-16)19(21(30)23(28)31)18(29)13-8-15-6-4-3-5-7-15/h3-13,20,30H,1-2H3/b13-8+/t20-/m0/s1. The fourth-order valence-corrected chi connectivity index (χ4v) is 4.75. The molecule has 0 aliphatic carbocycles. The van der Waals surface area contributed by atoms with Gasteiger partial charge in [0.15, 0.2) is 16.7 Å². The fraction of sp³-hybridized carbons (Fsp3) is 0.120. The van der Waals surface area contributed by atoms with Crippen LogP contribution in [-0.2, 0) is 14.3 Å². The van der Waals surface area contributed by atoms with Crippen LogP contribution in [0.3, 0.4) is 0 Å². The van der Waals surface area contributed by atoms with Crippen molar-refractivity contribution in [2.45, 2.75) is 13.0 Å². The van der Waals surface area contributed by atoms with Gasteiger partial charge in [-0.2, -0.15) is 0 Å². The van der Waals surface area contributed by atoms with Crippen LogP contribution in [0, 0.1) is 6.92 Å². The van der Waals surface area contributed by atoms with Gasteiger partial charge in [0.05, 0.1) is 24.4 Å². The van der Waals surface area contributed by atoms with Crippen LogP contribution in [0.2, 0.25) is 5.02 Å². The fourth-order valence-electron chi connectivity index (χ4n) is 3.61. The Morgan fingerprint density at radius 2 is 1.82 bits per heavy atom. The molecule has 0 saturated heterocycles. The van der Waals surface area contributed by atoms with Crippen molar-refractivity contribution in [3.05, 3.63) is 98.7 Å². The molecule has 0 unspecified atom stereocenters. The van der Waals surface area contributed by atoms with Gasteiger partial charge < -0.3 is 9.84 Å². The van der Waals surface area contributed by atoms with Crippen molar-refractivity contribution in [2.24, 2.45) is 0 Å². The zero-order chi connectivity index (χ0) is 24.4. The molecule has 172 valence electrons. The molecule has 34 heavy (non-hydrogen) atoms. The smallest absolute Gasteiger partial charge is 0.350 e. The minimum atomic E-state index is -0.964. The Morgan fingerprint density at radius 1 is 1.15 bits per heavy atom. The third-order valence-electron chi connectivity index (χ3n) is 5.25. The SMILES string of the molecule is COC(=O)c1sc(N2C(=O)C(O)=C(C(=O)/C=C/c3ccccc3)[C@@H]2c2ccc(Cl)cc2)nc1C. The summed E-state index contributed by atoms with van der Waals surface area (Å²) in [6.45, 7) is 1.62. The van der Waals surface area contributed by atoms with E-state index in [1.807, 2.05) is 30.3 Å². The molecule has 0 saturated carbocycles. The third kappa shape index (κ3) is 4.37. The number of amides is 1. The number of allylic oxidation sites excluding steroid dienone is 1. The molecular formula is C25H19ClN2O5S. The minimum Gasteiger partial charge on any atom is -0.503 e. The highest BCUT2D eigenvalue weighted by Crippen LogP contribution is 2.43. The summed E-state index contributed by atoms with van der Waals surface area (Å²) in [5.41, 5.74) is 1.62. The predicted molar refractivity (Wildman–Crippen MR) is 130 cm³/mol. The number of aliphatic hydroxyl groups excluding tert-OH is 1. The highest BCUT2D eigenvalue weighted by Gasteiger charge is 2.45. The van der Waals surface area contributed by atoms with E-state index < -0.39 is 29.5 Å². The molecule has 7 nitrogen and oxygen atoms in total. The molecule has 4 rings (SSSR count). The number of hydrogen-bond acceptors (Lipinski definition) is 7. The van der Waals surface area contributed by atoms with Gasteiger partial charge in [-0.3, -0.25) is 14.5 Å². The van der Waals surface area contributed by atoms with Gasteiger partial charge in [0.2, 0.25) is 0 Å². The number of aliphatic hydroxyl groups is 1. The molecule has 1 atom stereocenters. The molecule has 3 aromatic rings. The van der Waals surface area contributed by atoms with E-state index in [9.17, 15) is 19.5 Å². The van der Waals surface area contributed by atoms with Crippen LogP contribution in [-0.4, -0.2) is 34.9 Å². The van der Waals surface area contributed by atoms with Gasteiger partial charge in [0.25, 0.3) is 5.91 Å². The van der Waals surface area contributed by atoms with E-state index in [0.717, 1.165) is 16.9 Å². The summed E-state index contributed by atoms with van der Waals surface area (Å²) in [5.74, 6) is -2.58. The number of methoxy groups -OCH3 is 1. The Kier molecular flexibility index (Phi) is 6.63. The highest BCUT2D eigenvalue weighted by molar-refractivity contribution is 7.17. The number of halogens is 1. The van der Waals surface area contributed by atoms with E-state index in [1.54, 1.807) is 37.3 Å². The summed E-state index contributed by atoms with van der Waals surface area (Å²) in [4.78, 5) is 44.3. The van der Waals surface area contributed by atoms with Gasteiger partial charge in [0, 0.05) is 5.02 Å². The van der Waals surface area contributed by atoms with Gasteiger partial charge in [-0.25, -0.2) is 9.78 Å². The maximum atomic E-state index is 13.2. The van der Waals surface area contributed by atoms with Crippen LogP contribution in [0.15, 0.2) is 72.0 Å². The maximum Gasteiger partial charge on any atom is 0.350 e. The van der Waals surface area contributed by atoms with Crippen molar-refractivity contribution in [2.75, 3.05) is 12.0 Å². The van der Waals surface area contributed by atoms with Gasteiger partial charge >= 0.3 is 5.97 Å². The lowest BCUT2D eigenvalue weighted by molar-refractivity contribution is -0.117. The number of thiazole rings is 1. The summed E-state index contributed by atoms with van der Waals surface area (Å²) in [6, 6.07) is 14.8. The van der Waals surface area contributed by atoms with E-state index in [-0.39, 0.29) is 15.6 Å². The van der Waals surface area contributed by atoms with Gasteiger partial charge in [-0.1, -0.05) is 71.5 Å². The van der Waals surface area contributed by atoms with Crippen LogP contribution in [0.25, 0.3) is 6.08 Å². The first-order valence-electron chi connectivity index (χ1n) is 10.2. The number of benzene rings is 2. The summed E-state index contributed by atoms with van der Waals surface area (Å²) in [6.07, 6.45) is 2.92. The number of ether oxygens (including phenoxy) is 1. The summed E-state index contributed by atoms with van der Waals surface area (Å²) in [5, 5.41) is 11.4. The zero-order valence-corrected chi connectivity index (χ0v) is 19.8. The van der Waals surface area contributed by atoms with Crippen molar-refractivity contribution in [1.29, 1.82) is 0 Å². The molecule has 0 radical (unpaired) electrons. The van der Waals surface area contributed by atoms with Crippen LogP contribution in [0.4, 0.5) is 5.13 Å². The number of aryl methyl sites for hydroxylation is 1. The first kappa shape index (κ1) is 23.4. The molecule has 1 amide bonds. The number of nitrogens with zero attached hydrogens (tertiary/aromatic N) is 2. The topological polar surface area (TPSA) is 96.8 Å². The molecule has 2 aromatic carbocycles. The molecule has 1 N–H and O–H groups in total. The number of esters is 1. The second kappa shape index (κ2) is 9.62. The molecular weight excluding hydrogens is 476 g/mol. The van der Waals surface area contributed by atoms with E-state index >= 15 is 0 Å². The molecule has 1 aliphatic heterocycles. The average Bonchev–Trinajstić information content (AvgIpc) is 3.35. The molecule has 0 fully saturated rings. The predicted octanol–water partition coefficient (Wildman–Crippen LogP) is 5.07. The number of aromatic nitrogens is 1. The lowest BCUT2D eigenvalue weighted by Gasteiger charge is -2.24. The van der Waals surface area contributed by atoms with Crippen molar-refractivity contribution >= 4 is 51.8 Å². The summed E-state index contributed by atoms with van der Waals surface area (Å²) < 4.78 is 4.79. The van der Waals surface area contributed by atoms with Gasteiger partial charge in [-0.15, -0.1) is 0 Å². The number of carbonyl (C=O) groups is 3.